The van der Waals surface area contributed by atoms with Gasteiger partial charge in [0, 0.05) is 6.54 Å². The average molecular weight is 99.1 g/mol. The van der Waals surface area contributed by atoms with Crippen LogP contribution in [0, 0.1) is 0 Å². The Balaban J connectivity index is 2.17. The summed E-state index contributed by atoms with van der Waals surface area (Å²) in [6.07, 6.45) is 2.55. The maximum Gasteiger partial charge on any atom is 0.162 e. The quantitative estimate of drug-likeness (QED) is 0.416. The molecule has 0 amide bonds. The van der Waals surface area contributed by atoms with E-state index in [1.165, 1.54) is 12.8 Å². The molecular formula is C5H9NO. The Hall–Kier alpha value is -0.0800. The summed E-state index contributed by atoms with van der Waals surface area (Å²) in [7, 11) is 0. The molecule has 2 heteroatoms. The Kier molecular flexibility index (Phi) is 0.474. The van der Waals surface area contributed by atoms with Gasteiger partial charge in [0.05, 0.1) is 0 Å². The molecule has 0 bridgehead atoms. The molecule has 40 valence electrons. The van der Waals surface area contributed by atoms with Crippen LogP contribution >= 0.6 is 0 Å². The van der Waals surface area contributed by atoms with Gasteiger partial charge in [0.25, 0.3) is 0 Å². The van der Waals surface area contributed by atoms with Crippen LogP contribution in [0.3, 0.4) is 0 Å². The molecule has 2 fully saturated rings. The SMILES string of the molecule is C[C@@]12CCCN1O2. The number of hydroxylamine groups is 2. The van der Waals surface area contributed by atoms with Crippen molar-refractivity contribution in [2.75, 3.05) is 6.54 Å². The smallest absolute Gasteiger partial charge is 0.162 e. The molecule has 0 aromatic rings. The first-order chi connectivity index (χ1) is 3.31. The Bertz CT molecular complexity index is 102. The molecule has 0 aromatic heterocycles. The van der Waals surface area contributed by atoms with E-state index in [1.54, 1.807) is 0 Å². The van der Waals surface area contributed by atoms with E-state index in [-0.39, 0.29) is 5.72 Å². The molecule has 0 aliphatic carbocycles. The highest BCUT2D eigenvalue weighted by Gasteiger charge is 2.53. The lowest BCUT2D eigenvalue weighted by atomic mass is 10.2. The second-order valence-corrected chi connectivity index (χ2v) is 2.47. The molecule has 2 atom stereocenters. The second-order valence-electron chi connectivity index (χ2n) is 2.47. The van der Waals surface area contributed by atoms with Gasteiger partial charge in [0.15, 0.2) is 5.72 Å². The van der Waals surface area contributed by atoms with Crippen LogP contribution in [0.1, 0.15) is 19.8 Å². The van der Waals surface area contributed by atoms with Crippen LogP contribution < -0.4 is 0 Å². The van der Waals surface area contributed by atoms with Crippen molar-refractivity contribution in [1.29, 1.82) is 0 Å². The highest BCUT2D eigenvalue weighted by atomic mass is 16.9. The Labute approximate surface area is 43.0 Å². The van der Waals surface area contributed by atoms with Crippen molar-refractivity contribution in [3.05, 3.63) is 0 Å². The van der Waals surface area contributed by atoms with E-state index in [1.807, 2.05) is 5.06 Å². The summed E-state index contributed by atoms with van der Waals surface area (Å²) in [6, 6.07) is 0. The largest absolute Gasteiger partial charge is 0.272 e. The normalized spacial score (nSPS) is 57.0. The number of fused-ring (bicyclic) bond motifs is 1. The van der Waals surface area contributed by atoms with Gasteiger partial charge in [0.2, 0.25) is 0 Å². The van der Waals surface area contributed by atoms with Crippen molar-refractivity contribution in [3.63, 3.8) is 0 Å². The average Bonchev–Trinajstić information content (AvgIpc) is 2.09. The van der Waals surface area contributed by atoms with E-state index in [0.717, 1.165) is 6.54 Å². The van der Waals surface area contributed by atoms with Gasteiger partial charge < -0.3 is 0 Å². The minimum absolute atomic E-state index is 0.194. The van der Waals surface area contributed by atoms with Crippen molar-refractivity contribution in [2.24, 2.45) is 0 Å². The maximum atomic E-state index is 5.17. The van der Waals surface area contributed by atoms with Gasteiger partial charge in [0.1, 0.15) is 0 Å². The summed E-state index contributed by atoms with van der Waals surface area (Å²) in [5.74, 6) is 0. The fourth-order valence-electron chi connectivity index (χ4n) is 1.22. The molecule has 2 saturated heterocycles. The predicted molar refractivity (Wildman–Crippen MR) is 25.4 cm³/mol. The third kappa shape index (κ3) is 0.359. The Morgan fingerprint density at radius 3 is 2.71 bits per heavy atom. The van der Waals surface area contributed by atoms with E-state index in [4.69, 9.17) is 4.84 Å². The zero-order chi connectivity index (χ0) is 4.91. The zero-order valence-electron chi connectivity index (χ0n) is 4.48. The van der Waals surface area contributed by atoms with Crippen LogP contribution in [0.25, 0.3) is 0 Å². The lowest BCUT2D eigenvalue weighted by Gasteiger charge is -1.88. The summed E-state index contributed by atoms with van der Waals surface area (Å²) in [5, 5.41) is 2.05. The highest BCUT2D eigenvalue weighted by molar-refractivity contribution is 4.88. The summed E-state index contributed by atoms with van der Waals surface area (Å²) in [5.41, 5.74) is 0.194. The number of nitrogens with zero attached hydrogens (tertiary/aromatic N) is 1. The van der Waals surface area contributed by atoms with Gasteiger partial charge in [-0.25, -0.2) is 0 Å². The van der Waals surface area contributed by atoms with Gasteiger partial charge in [-0.05, 0) is 19.8 Å². The van der Waals surface area contributed by atoms with Crippen LogP contribution in [0.15, 0.2) is 0 Å². The predicted octanol–water partition coefficient (Wildman–Crippen LogP) is 0.744. The molecule has 1 unspecified atom stereocenters. The third-order valence-corrected chi connectivity index (χ3v) is 1.80. The minimum atomic E-state index is 0.194. The number of hydrogen-bond acceptors (Lipinski definition) is 2. The van der Waals surface area contributed by atoms with Crippen LogP contribution in [0.2, 0.25) is 0 Å². The van der Waals surface area contributed by atoms with Crippen LogP contribution in [-0.4, -0.2) is 17.3 Å². The third-order valence-electron chi connectivity index (χ3n) is 1.80. The molecule has 0 aromatic carbocycles. The summed E-state index contributed by atoms with van der Waals surface area (Å²) < 4.78 is 0. The lowest BCUT2D eigenvalue weighted by molar-refractivity contribution is 0.172. The topological polar surface area (TPSA) is 15.5 Å². The van der Waals surface area contributed by atoms with Gasteiger partial charge in [-0.3, -0.25) is 4.84 Å². The zero-order valence-corrected chi connectivity index (χ0v) is 4.48. The minimum Gasteiger partial charge on any atom is -0.272 e. The summed E-state index contributed by atoms with van der Waals surface area (Å²) in [6.45, 7) is 3.29. The molecular weight excluding hydrogens is 90.1 g/mol. The summed E-state index contributed by atoms with van der Waals surface area (Å²) >= 11 is 0. The second kappa shape index (κ2) is 0.858. The van der Waals surface area contributed by atoms with E-state index in [2.05, 4.69) is 6.92 Å². The number of hydrogen-bond donors (Lipinski definition) is 0. The van der Waals surface area contributed by atoms with Crippen LogP contribution in [-0.2, 0) is 4.84 Å². The highest BCUT2D eigenvalue weighted by Crippen LogP contribution is 2.43. The van der Waals surface area contributed by atoms with Crippen LogP contribution in [0.5, 0.6) is 0 Å². The molecule has 7 heavy (non-hydrogen) atoms. The molecule has 2 heterocycles. The molecule has 0 spiro atoms. The monoisotopic (exact) mass is 99.1 g/mol. The fraction of sp³-hybridized carbons (Fsp3) is 1.00. The van der Waals surface area contributed by atoms with E-state index in [9.17, 15) is 0 Å². The van der Waals surface area contributed by atoms with Crippen molar-refractivity contribution in [3.8, 4) is 0 Å². The van der Waals surface area contributed by atoms with Gasteiger partial charge in [-0.15, -0.1) is 0 Å². The Morgan fingerprint density at radius 2 is 2.57 bits per heavy atom. The number of rotatable bonds is 0. The summed E-state index contributed by atoms with van der Waals surface area (Å²) in [4.78, 5) is 5.17. The van der Waals surface area contributed by atoms with Crippen molar-refractivity contribution < 1.29 is 4.84 Å². The lowest BCUT2D eigenvalue weighted by Crippen LogP contribution is -2.02. The fourth-order valence-corrected chi connectivity index (χ4v) is 1.22. The van der Waals surface area contributed by atoms with Crippen molar-refractivity contribution >= 4 is 0 Å². The van der Waals surface area contributed by atoms with Crippen LogP contribution in [0.4, 0.5) is 0 Å². The molecule has 0 saturated carbocycles. The van der Waals surface area contributed by atoms with Crippen molar-refractivity contribution in [1.82, 2.24) is 5.06 Å². The first-order valence-electron chi connectivity index (χ1n) is 2.78. The first kappa shape index (κ1) is 3.87. The maximum absolute atomic E-state index is 5.17. The van der Waals surface area contributed by atoms with Gasteiger partial charge in [-0.1, -0.05) is 0 Å². The molecule has 0 N–H and O–H groups in total. The molecule has 2 aliphatic heterocycles. The molecule has 2 rings (SSSR count). The molecule has 0 radical (unpaired) electrons. The van der Waals surface area contributed by atoms with Crippen molar-refractivity contribution in [2.45, 2.75) is 25.5 Å². The first-order valence-corrected chi connectivity index (χ1v) is 2.78. The van der Waals surface area contributed by atoms with E-state index in [0.29, 0.717) is 0 Å². The Morgan fingerprint density at radius 1 is 1.71 bits per heavy atom. The van der Waals surface area contributed by atoms with Gasteiger partial charge in [-0.2, -0.15) is 5.06 Å². The molecule has 2 aliphatic rings. The van der Waals surface area contributed by atoms with E-state index < -0.39 is 0 Å². The van der Waals surface area contributed by atoms with E-state index >= 15 is 0 Å². The molecule has 2 nitrogen and oxygen atoms in total. The standard InChI is InChI=1S/C5H9NO/c1-5-3-2-4-6(5)7-5/h2-4H2,1H3/t5-,6?/m1/s1. The van der Waals surface area contributed by atoms with Gasteiger partial charge >= 0.3 is 0 Å².